The summed E-state index contributed by atoms with van der Waals surface area (Å²) >= 11 is 0. The molecule has 0 aromatic heterocycles. The molecule has 1 heterocycles. The number of carbonyl (C=O) groups excluding carboxylic acids is 1. The molecule has 1 atom stereocenters. The van der Waals surface area contributed by atoms with E-state index in [1.54, 1.807) is 37.3 Å². The zero-order chi connectivity index (χ0) is 25.9. The second-order valence-corrected chi connectivity index (χ2v) is 9.90. The van der Waals surface area contributed by atoms with Crippen LogP contribution in [0.4, 0.5) is 8.78 Å². The van der Waals surface area contributed by atoms with Gasteiger partial charge in [-0.1, -0.05) is 48.5 Å². The Hall–Kier alpha value is -3.50. The number of sulfonamides is 1. The van der Waals surface area contributed by atoms with Crippen LogP contribution in [0.3, 0.4) is 0 Å². The molecule has 2 N–H and O–H groups in total. The fourth-order valence-corrected chi connectivity index (χ4v) is 4.87. The van der Waals surface area contributed by atoms with Crippen LogP contribution in [-0.4, -0.2) is 27.6 Å². The van der Waals surface area contributed by atoms with Crippen LogP contribution in [0.1, 0.15) is 41.7 Å². The van der Waals surface area contributed by atoms with E-state index < -0.39 is 22.7 Å². The molecule has 0 aliphatic carbocycles. The Labute approximate surface area is 207 Å². The SMILES string of the molecule is CCOC(=O)CCc1ccc(C2Oc3cccc(OC(F)F)c3-c3ccc(CS(N)(=O)=O)cc32)cc1. The predicted molar refractivity (Wildman–Crippen MR) is 129 cm³/mol. The molecule has 3 aromatic carbocycles. The zero-order valence-electron chi connectivity index (χ0n) is 19.4. The Balaban J connectivity index is 1.72. The molecule has 4 rings (SSSR count). The van der Waals surface area contributed by atoms with Crippen molar-refractivity contribution >= 4 is 16.0 Å². The molecule has 10 heteroatoms. The summed E-state index contributed by atoms with van der Waals surface area (Å²) in [5.41, 5.74) is 3.66. The van der Waals surface area contributed by atoms with Crippen molar-refractivity contribution in [2.24, 2.45) is 5.14 Å². The van der Waals surface area contributed by atoms with Crippen LogP contribution in [-0.2, 0) is 31.7 Å². The van der Waals surface area contributed by atoms with E-state index >= 15 is 0 Å². The van der Waals surface area contributed by atoms with Gasteiger partial charge in [0, 0.05) is 12.0 Å². The predicted octanol–water partition coefficient (Wildman–Crippen LogP) is 4.72. The van der Waals surface area contributed by atoms with Crippen LogP contribution in [0.2, 0.25) is 0 Å². The van der Waals surface area contributed by atoms with Crippen LogP contribution in [0.15, 0.2) is 60.7 Å². The monoisotopic (exact) mass is 517 g/mol. The van der Waals surface area contributed by atoms with Gasteiger partial charge < -0.3 is 14.2 Å². The molecule has 0 fully saturated rings. The van der Waals surface area contributed by atoms with Crippen molar-refractivity contribution in [1.29, 1.82) is 0 Å². The third-order valence-corrected chi connectivity index (χ3v) is 6.43. The van der Waals surface area contributed by atoms with E-state index in [1.165, 1.54) is 6.07 Å². The van der Waals surface area contributed by atoms with Crippen LogP contribution < -0.4 is 14.6 Å². The maximum Gasteiger partial charge on any atom is 0.387 e. The zero-order valence-corrected chi connectivity index (χ0v) is 20.3. The highest BCUT2D eigenvalue weighted by molar-refractivity contribution is 7.88. The summed E-state index contributed by atoms with van der Waals surface area (Å²) in [4.78, 5) is 11.7. The lowest BCUT2D eigenvalue weighted by Gasteiger charge is -2.31. The van der Waals surface area contributed by atoms with Crippen molar-refractivity contribution in [3.63, 3.8) is 0 Å². The number of rotatable bonds is 9. The van der Waals surface area contributed by atoms with E-state index in [0.29, 0.717) is 41.0 Å². The van der Waals surface area contributed by atoms with Crippen molar-refractivity contribution < 1.29 is 36.2 Å². The van der Waals surface area contributed by atoms with E-state index in [-0.39, 0.29) is 23.9 Å². The smallest absolute Gasteiger partial charge is 0.387 e. The van der Waals surface area contributed by atoms with Gasteiger partial charge in [-0.05, 0) is 47.7 Å². The molecule has 0 saturated carbocycles. The van der Waals surface area contributed by atoms with Crippen molar-refractivity contribution in [3.05, 3.63) is 82.9 Å². The van der Waals surface area contributed by atoms with Crippen molar-refractivity contribution in [3.8, 4) is 22.6 Å². The number of halogens is 2. The summed E-state index contributed by atoms with van der Waals surface area (Å²) in [7, 11) is -3.80. The van der Waals surface area contributed by atoms with Gasteiger partial charge in [0.25, 0.3) is 0 Å². The van der Waals surface area contributed by atoms with Gasteiger partial charge in [0.1, 0.15) is 17.6 Å². The van der Waals surface area contributed by atoms with E-state index in [4.69, 9.17) is 19.3 Å². The first-order valence-corrected chi connectivity index (χ1v) is 13.0. The molecular weight excluding hydrogens is 492 g/mol. The fraction of sp³-hybridized carbons (Fsp3) is 0.269. The van der Waals surface area contributed by atoms with E-state index in [2.05, 4.69) is 0 Å². The highest BCUT2D eigenvalue weighted by Gasteiger charge is 2.31. The molecule has 190 valence electrons. The first kappa shape index (κ1) is 25.6. The molecule has 0 bridgehead atoms. The summed E-state index contributed by atoms with van der Waals surface area (Å²) in [5.74, 6) is -0.346. The van der Waals surface area contributed by atoms with Crippen molar-refractivity contribution in [2.45, 2.75) is 38.2 Å². The maximum atomic E-state index is 13.1. The van der Waals surface area contributed by atoms with Crippen LogP contribution in [0.5, 0.6) is 11.5 Å². The average Bonchev–Trinajstić information content (AvgIpc) is 2.81. The summed E-state index contributed by atoms with van der Waals surface area (Å²) in [6, 6.07) is 17.0. The number of hydrogen-bond donors (Lipinski definition) is 1. The summed E-state index contributed by atoms with van der Waals surface area (Å²) in [5, 5.41) is 5.23. The lowest BCUT2D eigenvalue weighted by molar-refractivity contribution is -0.143. The summed E-state index contributed by atoms with van der Waals surface area (Å²) in [6.07, 6.45) is 0.123. The Morgan fingerprint density at radius 2 is 1.81 bits per heavy atom. The van der Waals surface area contributed by atoms with Gasteiger partial charge in [0.05, 0.1) is 17.9 Å². The molecule has 7 nitrogen and oxygen atoms in total. The van der Waals surface area contributed by atoms with Gasteiger partial charge in [-0.15, -0.1) is 0 Å². The van der Waals surface area contributed by atoms with Crippen LogP contribution in [0.25, 0.3) is 11.1 Å². The molecule has 0 spiro atoms. The topological polar surface area (TPSA) is 105 Å². The highest BCUT2D eigenvalue weighted by Crippen LogP contribution is 2.49. The van der Waals surface area contributed by atoms with Gasteiger partial charge >= 0.3 is 12.6 Å². The Morgan fingerprint density at radius 3 is 2.47 bits per heavy atom. The van der Waals surface area contributed by atoms with Crippen molar-refractivity contribution in [1.82, 2.24) is 0 Å². The third-order valence-electron chi connectivity index (χ3n) is 5.69. The molecule has 1 aliphatic rings. The number of esters is 1. The largest absolute Gasteiger partial charge is 0.480 e. The molecule has 36 heavy (non-hydrogen) atoms. The first-order valence-electron chi connectivity index (χ1n) is 11.3. The standard InChI is InChI=1S/C26H25F2NO6S/c1-2-33-23(30)13-9-16-6-10-18(11-7-16)25-20-14-17(15-36(29,31)32)8-12-19(20)24-21(34-25)4-3-5-22(24)35-26(27)28/h3-8,10-12,14,25-26H,2,9,13,15H2,1H3,(H2,29,31,32). The number of carbonyl (C=O) groups is 1. The molecule has 1 aliphatic heterocycles. The molecule has 0 saturated heterocycles. The first-order chi connectivity index (χ1) is 17.1. The van der Waals surface area contributed by atoms with E-state index in [1.807, 2.05) is 24.3 Å². The lowest BCUT2D eigenvalue weighted by Crippen LogP contribution is -2.18. The molecule has 1 unspecified atom stereocenters. The number of ether oxygens (including phenoxy) is 3. The molecule has 0 radical (unpaired) electrons. The quantitative estimate of drug-likeness (QED) is 0.412. The second-order valence-electron chi connectivity index (χ2n) is 8.28. The molecule has 0 amide bonds. The fourth-order valence-electron chi connectivity index (χ4n) is 4.22. The number of aryl methyl sites for hydroxylation is 1. The van der Waals surface area contributed by atoms with Gasteiger partial charge in [0.15, 0.2) is 0 Å². The van der Waals surface area contributed by atoms with Crippen LogP contribution >= 0.6 is 0 Å². The van der Waals surface area contributed by atoms with Gasteiger partial charge in [-0.2, -0.15) is 8.78 Å². The number of alkyl halides is 2. The minimum absolute atomic E-state index is 0.0456. The average molecular weight is 518 g/mol. The van der Waals surface area contributed by atoms with Gasteiger partial charge in [-0.3, -0.25) is 4.79 Å². The van der Waals surface area contributed by atoms with E-state index in [0.717, 1.165) is 11.1 Å². The Bertz CT molecular complexity index is 1360. The molecule has 3 aromatic rings. The Kier molecular flexibility index (Phi) is 7.56. The van der Waals surface area contributed by atoms with Gasteiger partial charge in [0.2, 0.25) is 10.0 Å². The summed E-state index contributed by atoms with van der Waals surface area (Å²) < 4.78 is 65.5. The van der Waals surface area contributed by atoms with E-state index in [9.17, 15) is 22.0 Å². The number of fused-ring (bicyclic) bond motifs is 3. The minimum atomic E-state index is -3.80. The number of nitrogens with two attached hydrogens (primary N) is 1. The normalized spacial score (nSPS) is 14.5. The number of hydrogen-bond acceptors (Lipinski definition) is 6. The third kappa shape index (κ3) is 6.00. The maximum absolute atomic E-state index is 13.1. The minimum Gasteiger partial charge on any atom is -0.480 e. The highest BCUT2D eigenvalue weighted by atomic mass is 32.2. The van der Waals surface area contributed by atoms with Gasteiger partial charge in [-0.25, -0.2) is 13.6 Å². The number of benzene rings is 3. The van der Waals surface area contributed by atoms with Crippen molar-refractivity contribution in [2.75, 3.05) is 6.61 Å². The second kappa shape index (κ2) is 10.6. The summed E-state index contributed by atoms with van der Waals surface area (Å²) in [6.45, 7) is -0.944. The van der Waals surface area contributed by atoms with Crippen LogP contribution in [0, 0.1) is 0 Å². The Morgan fingerprint density at radius 1 is 1.08 bits per heavy atom. The molecular formula is C26H25F2NO6S. The number of primary sulfonamides is 1. The lowest BCUT2D eigenvalue weighted by atomic mass is 9.87.